The summed E-state index contributed by atoms with van der Waals surface area (Å²) in [5.74, 6) is 1.19. The first-order valence-corrected chi connectivity index (χ1v) is 7.77. The molecule has 0 bridgehead atoms. The SMILES string of the molecule is N[C@@H]1C(=O)N(c2ccc3c(c2)OCCO3)[C@H]1c1ccccc1Cl. The number of amides is 1. The van der Waals surface area contributed by atoms with Crippen LogP contribution in [0.3, 0.4) is 0 Å². The number of hydrogen-bond acceptors (Lipinski definition) is 4. The molecule has 1 fully saturated rings. The molecule has 1 saturated heterocycles. The number of carbonyl (C=O) groups excluding carboxylic acids is 1. The number of nitrogens with two attached hydrogens (primary N) is 1. The topological polar surface area (TPSA) is 64.8 Å². The summed E-state index contributed by atoms with van der Waals surface area (Å²) in [6.45, 7) is 1.03. The Balaban J connectivity index is 1.72. The van der Waals surface area contributed by atoms with Crippen LogP contribution in [0.4, 0.5) is 5.69 Å². The lowest BCUT2D eigenvalue weighted by atomic mass is 9.88. The molecule has 0 aromatic heterocycles. The van der Waals surface area contributed by atoms with E-state index in [0.717, 1.165) is 11.3 Å². The summed E-state index contributed by atoms with van der Waals surface area (Å²) >= 11 is 6.27. The maximum atomic E-state index is 12.3. The van der Waals surface area contributed by atoms with Gasteiger partial charge in [0, 0.05) is 16.8 Å². The molecule has 0 aliphatic carbocycles. The van der Waals surface area contributed by atoms with Crippen molar-refractivity contribution in [3.8, 4) is 11.5 Å². The van der Waals surface area contributed by atoms with Crippen LogP contribution in [0, 0.1) is 0 Å². The second-order valence-electron chi connectivity index (χ2n) is 5.53. The van der Waals surface area contributed by atoms with Crippen molar-refractivity contribution in [1.82, 2.24) is 0 Å². The summed E-state index contributed by atoms with van der Waals surface area (Å²) in [5, 5.41) is 0.600. The van der Waals surface area contributed by atoms with Gasteiger partial charge in [0.15, 0.2) is 11.5 Å². The highest BCUT2D eigenvalue weighted by Gasteiger charge is 2.47. The summed E-state index contributed by atoms with van der Waals surface area (Å²) < 4.78 is 11.1. The highest BCUT2D eigenvalue weighted by molar-refractivity contribution is 6.31. The Bertz CT molecular complexity index is 780. The lowest BCUT2D eigenvalue weighted by Gasteiger charge is -2.46. The van der Waals surface area contributed by atoms with Gasteiger partial charge in [0.1, 0.15) is 19.3 Å². The van der Waals surface area contributed by atoms with Gasteiger partial charge in [-0.1, -0.05) is 29.8 Å². The minimum Gasteiger partial charge on any atom is -0.486 e. The van der Waals surface area contributed by atoms with Crippen molar-refractivity contribution in [3.63, 3.8) is 0 Å². The molecule has 2 heterocycles. The van der Waals surface area contributed by atoms with Crippen LogP contribution < -0.4 is 20.1 Å². The molecule has 0 spiro atoms. The standard InChI is InChI=1S/C17H15ClN2O3/c18-12-4-2-1-3-11(12)16-15(19)17(21)20(16)10-5-6-13-14(9-10)23-8-7-22-13/h1-6,9,15-16H,7-8,19H2/t15-,16-/m0/s1. The van der Waals surface area contributed by atoms with Crippen molar-refractivity contribution in [2.75, 3.05) is 18.1 Å². The highest BCUT2D eigenvalue weighted by Crippen LogP contribution is 2.43. The number of benzene rings is 2. The van der Waals surface area contributed by atoms with Crippen LogP contribution in [0.2, 0.25) is 5.02 Å². The Kier molecular flexibility index (Phi) is 3.39. The molecular formula is C17H15ClN2O3. The number of halogens is 1. The zero-order valence-electron chi connectivity index (χ0n) is 12.2. The zero-order chi connectivity index (χ0) is 16.0. The van der Waals surface area contributed by atoms with Gasteiger partial charge in [0.25, 0.3) is 0 Å². The number of hydrogen-bond donors (Lipinski definition) is 1. The molecule has 2 aliphatic heterocycles. The number of carbonyl (C=O) groups is 1. The quantitative estimate of drug-likeness (QED) is 0.859. The van der Waals surface area contributed by atoms with E-state index >= 15 is 0 Å². The normalized spacial score (nSPS) is 22.7. The maximum Gasteiger partial charge on any atom is 0.247 e. The van der Waals surface area contributed by atoms with Crippen molar-refractivity contribution in [2.45, 2.75) is 12.1 Å². The number of ether oxygens (including phenoxy) is 2. The van der Waals surface area contributed by atoms with Gasteiger partial charge in [-0.15, -0.1) is 0 Å². The molecule has 0 saturated carbocycles. The first-order chi connectivity index (χ1) is 11.2. The number of rotatable bonds is 2. The Morgan fingerprint density at radius 2 is 1.83 bits per heavy atom. The van der Waals surface area contributed by atoms with E-state index in [9.17, 15) is 4.79 Å². The fourth-order valence-corrected chi connectivity index (χ4v) is 3.28. The van der Waals surface area contributed by atoms with Crippen molar-refractivity contribution in [3.05, 3.63) is 53.1 Å². The summed E-state index contributed by atoms with van der Waals surface area (Å²) in [6.07, 6.45) is 0. The van der Waals surface area contributed by atoms with E-state index in [1.54, 1.807) is 11.0 Å². The van der Waals surface area contributed by atoms with Crippen LogP contribution in [-0.4, -0.2) is 25.2 Å². The van der Waals surface area contributed by atoms with Gasteiger partial charge in [-0.2, -0.15) is 0 Å². The molecule has 1 amide bonds. The number of anilines is 1. The monoisotopic (exact) mass is 330 g/mol. The molecule has 2 atom stereocenters. The lowest BCUT2D eigenvalue weighted by molar-refractivity contribution is -0.126. The van der Waals surface area contributed by atoms with Gasteiger partial charge in [-0.3, -0.25) is 4.79 Å². The fourth-order valence-electron chi connectivity index (χ4n) is 3.03. The Morgan fingerprint density at radius 1 is 1.09 bits per heavy atom. The maximum absolute atomic E-state index is 12.3. The fraction of sp³-hybridized carbons (Fsp3) is 0.235. The molecule has 0 unspecified atom stereocenters. The average molecular weight is 331 g/mol. The molecular weight excluding hydrogens is 316 g/mol. The molecule has 6 heteroatoms. The summed E-state index contributed by atoms with van der Waals surface area (Å²) in [4.78, 5) is 14.0. The van der Waals surface area contributed by atoms with Gasteiger partial charge in [-0.25, -0.2) is 0 Å². The van der Waals surface area contributed by atoms with E-state index in [-0.39, 0.29) is 11.9 Å². The van der Waals surface area contributed by atoms with Crippen molar-refractivity contribution in [2.24, 2.45) is 5.73 Å². The van der Waals surface area contributed by atoms with Gasteiger partial charge >= 0.3 is 0 Å². The third-order valence-corrected chi connectivity index (χ3v) is 4.51. The average Bonchev–Trinajstić information content (AvgIpc) is 2.59. The molecule has 2 aromatic carbocycles. The van der Waals surface area contributed by atoms with Crippen molar-refractivity contribution < 1.29 is 14.3 Å². The second-order valence-corrected chi connectivity index (χ2v) is 5.94. The summed E-state index contributed by atoms with van der Waals surface area (Å²) in [7, 11) is 0. The van der Waals surface area contributed by atoms with E-state index in [1.165, 1.54) is 0 Å². The predicted molar refractivity (Wildman–Crippen MR) is 87.1 cm³/mol. The minimum atomic E-state index is -0.594. The molecule has 2 aromatic rings. The molecule has 118 valence electrons. The van der Waals surface area contributed by atoms with Gasteiger partial charge in [0.2, 0.25) is 5.91 Å². The van der Waals surface area contributed by atoms with E-state index in [1.807, 2.05) is 36.4 Å². The molecule has 23 heavy (non-hydrogen) atoms. The molecule has 5 nitrogen and oxygen atoms in total. The van der Waals surface area contributed by atoms with Crippen LogP contribution in [0.15, 0.2) is 42.5 Å². The first kappa shape index (κ1) is 14.4. The smallest absolute Gasteiger partial charge is 0.247 e. The van der Waals surface area contributed by atoms with Crippen molar-refractivity contribution in [1.29, 1.82) is 0 Å². The Morgan fingerprint density at radius 3 is 2.61 bits per heavy atom. The van der Waals surface area contributed by atoms with E-state index in [4.69, 9.17) is 26.8 Å². The molecule has 0 radical (unpaired) electrons. The molecule has 2 N–H and O–H groups in total. The number of nitrogens with zero attached hydrogens (tertiary/aromatic N) is 1. The van der Waals surface area contributed by atoms with E-state index < -0.39 is 6.04 Å². The van der Waals surface area contributed by atoms with Crippen LogP contribution in [-0.2, 0) is 4.79 Å². The minimum absolute atomic E-state index is 0.133. The van der Waals surface area contributed by atoms with E-state index in [2.05, 4.69) is 0 Å². The predicted octanol–water partition coefficient (Wildman–Crippen LogP) is 2.53. The van der Waals surface area contributed by atoms with Crippen LogP contribution in [0.25, 0.3) is 0 Å². The largest absolute Gasteiger partial charge is 0.486 e. The van der Waals surface area contributed by atoms with Gasteiger partial charge in [-0.05, 0) is 23.8 Å². The summed E-state index contributed by atoms with van der Waals surface area (Å²) in [5.41, 5.74) is 7.60. The number of β-lactam (4-membered cyclic amide) rings is 1. The van der Waals surface area contributed by atoms with Crippen molar-refractivity contribution >= 4 is 23.2 Å². The molecule has 2 aliphatic rings. The highest BCUT2D eigenvalue weighted by atomic mass is 35.5. The summed E-state index contributed by atoms with van der Waals surface area (Å²) in [6, 6.07) is 12.0. The Labute approximate surface area is 138 Å². The Hall–Kier alpha value is -2.24. The first-order valence-electron chi connectivity index (χ1n) is 7.39. The van der Waals surface area contributed by atoms with Gasteiger partial charge < -0.3 is 20.1 Å². The lowest BCUT2D eigenvalue weighted by Crippen LogP contribution is -2.63. The van der Waals surface area contributed by atoms with Gasteiger partial charge in [0.05, 0.1) is 6.04 Å². The van der Waals surface area contributed by atoms with Crippen LogP contribution >= 0.6 is 11.6 Å². The van der Waals surface area contributed by atoms with E-state index in [0.29, 0.717) is 29.7 Å². The zero-order valence-corrected chi connectivity index (χ0v) is 13.0. The van der Waals surface area contributed by atoms with Crippen LogP contribution in [0.1, 0.15) is 11.6 Å². The second kappa shape index (κ2) is 5.44. The van der Waals surface area contributed by atoms with Crippen LogP contribution in [0.5, 0.6) is 11.5 Å². The third kappa shape index (κ3) is 2.24. The third-order valence-electron chi connectivity index (χ3n) is 4.17. The number of fused-ring (bicyclic) bond motifs is 1. The molecule has 4 rings (SSSR count).